The molecule has 1 rings (SSSR count). The largest absolute Gasteiger partial charge is 0.394 e. The first-order chi connectivity index (χ1) is 8.58. The summed E-state index contributed by atoms with van der Waals surface area (Å²) in [4.78, 5) is 15.7. The van der Waals surface area contributed by atoms with Gasteiger partial charge in [0, 0.05) is 12.7 Å². The Kier molecular flexibility index (Phi) is 5.58. The van der Waals surface area contributed by atoms with Crippen LogP contribution in [0.25, 0.3) is 0 Å². The summed E-state index contributed by atoms with van der Waals surface area (Å²) in [5.41, 5.74) is 0.535. The molecule has 100 valence electrons. The molecule has 1 heterocycles. The number of hydrogen-bond donors (Lipinski definition) is 3. The molecule has 0 aromatic carbocycles. The lowest BCUT2D eigenvalue weighted by Crippen LogP contribution is -2.30. The van der Waals surface area contributed by atoms with Crippen molar-refractivity contribution < 1.29 is 9.90 Å². The molecule has 0 aliphatic carbocycles. The van der Waals surface area contributed by atoms with Gasteiger partial charge in [-0.25, -0.2) is 4.98 Å². The summed E-state index contributed by atoms with van der Waals surface area (Å²) < 4.78 is 0. The predicted octanol–water partition coefficient (Wildman–Crippen LogP) is 1.26. The number of aliphatic hydroxyl groups excluding tert-OH is 1. The number of anilines is 1. The van der Waals surface area contributed by atoms with E-state index in [1.807, 2.05) is 20.8 Å². The van der Waals surface area contributed by atoms with E-state index in [0.717, 1.165) is 0 Å². The highest BCUT2D eigenvalue weighted by Gasteiger charge is 2.12. The number of aliphatic hydroxyl groups is 1. The predicted molar refractivity (Wildman–Crippen MR) is 71.6 cm³/mol. The van der Waals surface area contributed by atoms with Crippen LogP contribution in [0.15, 0.2) is 18.3 Å². The molecular formula is C13H21N3O2. The number of rotatable bonds is 6. The maximum Gasteiger partial charge on any atom is 0.252 e. The summed E-state index contributed by atoms with van der Waals surface area (Å²) in [6.07, 6.45) is 1.53. The zero-order valence-electron chi connectivity index (χ0n) is 11.1. The van der Waals surface area contributed by atoms with Crippen LogP contribution in [-0.4, -0.2) is 35.2 Å². The van der Waals surface area contributed by atoms with Gasteiger partial charge in [0.2, 0.25) is 0 Å². The van der Waals surface area contributed by atoms with E-state index in [4.69, 9.17) is 0 Å². The molecule has 0 aliphatic rings. The standard InChI is InChI=1S/C13H21N3O2/c1-4-14-13(18)10-5-6-12(15-7-10)16-11(8-17)9(2)3/h5-7,9,11,17H,4,8H2,1-3H3,(H,14,18)(H,15,16)/t11-/m1/s1. The number of hydrogen-bond acceptors (Lipinski definition) is 4. The molecule has 1 amide bonds. The van der Waals surface area contributed by atoms with Crippen molar-refractivity contribution in [3.8, 4) is 0 Å². The van der Waals surface area contributed by atoms with E-state index in [1.54, 1.807) is 12.1 Å². The van der Waals surface area contributed by atoms with Gasteiger partial charge in [0.05, 0.1) is 18.2 Å². The summed E-state index contributed by atoms with van der Waals surface area (Å²) in [5.74, 6) is 0.842. The SMILES string of the molecule is CCNC(=O)c1ccc(N[C@H](CO)C(C)C)nc1. The molecular weight excluding hydrogens is 230 g/mol. The summed E-state index contributed by atoms with van der Waals surface area (Å²) in [6, 6.07) is 3.43. The zero-order valence-corrected chi connectivity index (χ0v) is 11.1. The molecule has 0 unspecified atom stereocenters. The van der Waals surface area contributed by atoms with Crippen molar-refractivity contribution >= 4 is 11.7 Å². The average molecular weight is 251 g/mol. The minimum atomic E-state index is -0.126. The molecule has 0 saturated carbocycles. The fraction of sp³-hybridized carbons (Fsp3) is 0.538. The lowest BCUT2D eigenvalue weighted by atomic mass is 10.1. The van der Waals surface area contributed by atoms with E-state index in [0.29, 0.717) is 23.8 Å². The summed E-state index contributed by atoms with van der Waals surface area (Å²) in [5, 5.41) is 15.1. The summed E-state index contributed by atoms with van der Waals surface area (Å²) in [7, 11) is 0. The van der Waals surface area contributed by atoms with Gasteiger partial charge in [0.25, 0.3) is 5.91 Å². The number of carbonyl (C=O) groups excluding carboxylic acids is 1. The van der Waals surface area contributed by atoms with Crippen molar-refractivity contribution in [1.82, 2.24) is 10.3 Å². The molecule has 1 aromatic heterocycles. The van der Waals surface area contributed by atoms with E-state index in [2.05, 4.69) is 15.6 Å². The molecule has 5 nitrogen and oxygen atoms in total. The topological polar surface area (TPSA) is 74.2 Å². The van der Waals surface area contributed by atoms with Gasteiger partial charge in [0.15, 0.2) is 0 Å². The first-order valence-corrected chi connectivity index (χ1v) is 6.20. The maximum absolute atomic E-state index is 11.5. The van der Waals surface area contributed by atoms with Crippen LogP contribution in [0.1, 0.15) is 31.1 Å². The Balaban J connectivity index is 2.68. The first kappa shape index (κ1) is 14.4. The molecule has 0 aliphatic heterocycles. The number of amides is 1. The highest BCUT2D eigenvalue weighted by atomic mass is 16.3. The van der Waals surface area contributed by atoms with Gasteiger partial charge < -0.3 is 15.7 Å². The minimum Gasteiger partial charge on any atom is -0.394 e. The van der Waals surface area contributed by atoms with Crippen molar-refractivity contribution in [1.29, 1.82) is 0 Å². The van der Waals surface area contributed by atoms with Crippen LogP contribution in [0.2, 0.25) is 0 Å². The van der Waals surface area contributed by atoms with Crippen molar-refractivity contribution in [3.63, 3.8) is 0 Å². The molecule has 1 aromatic rings. The third-order valence-corrected chi connectivity index (χ3v) is 2.70. The minimum absolute atomic E-state index is 0.0344. The Morgan fingerprint density at radius 1 is 1.44 bits per heavy atom. The van der Waals surface area contributed by atoms with Crippen LogP contribution in [0.5, 0.6) is 0 Å². The number of nitrogens with one attached hydrogen (secondary N) is 2. The van der Waals surface area contributed by atoms with E-state index in [9.17, 15) is 9.90 Å². The Morgan fingerprint density at radius 2 is 2.17 bits per heavy atom. The van der Waals surface area contributed by atoms with Crippen LogP contribution in [0, 0.1) is 5.92 Å². The second-order valence-electron chi connectivity index (χ2n) is 4.47. The third-order valence-electron chi connectivity index (χ3n) is 2.70. The Bertz CT molecular complexity index is 376. The van der Waals surface area contributed by atoms with E-state index in [-0.39, 0.29) is 18.6 Å². The Morgan fingerprint density at radius 3 is 2.61 bits per heavy atom. The van der Waals surface area contributed by atoms with Gasteiger partial charge in [-0.1, -0.05) is 13.8 Å². The summed E-state index contributed by atoms with van der Waals surface area (Å²) in [6.45, 7) is 6.57. The molecule has 0 radical (unpaired) electrons. The third kappa shape index (κ3) is 4.00. The van der Waals surface area contributed by atoms with Crippen LogP contribution < -0.4 is 10.6 Å². The molecule has 0 spiro atoms. The first-order valence-electron chi connectivity index (χ1n) is 6.20. The monoisotopic (exact) mass is 251 g/mol. The Hall–Kier alpha value is -1.62. The van der Waals surface area contributed by atoms with Gasteiger partial charge >= 0.3 is 0 Å². The lowest BCUT2D eigenvalue weighted by molar-refractivity contribution is 0.0955. The van der Waals surface area contributed by atoms with Gasteiger partial charge in [-0.3, -0.25) is 4.79 Å². The molecule has 3 N–H and O–H groups in total. The van der Waals surface area contributed by atoms with Crippen molar-refractivity contribution in [3.05, 3.63) is 23.9 Å². The van der Waals surface area contributed by atoms with Crippen molar-refractivity contribution in [2.45, 2.75) is 26.8 Å². The number of nitrogens with zero attached hydrogens (tertiary/aromatic N) is 1. The molecule has 5 heteroatoms. The zero-order chi connectivity index (χ0) is 13.5. The fourth-order valence-corrected chi connectivity index (χ4v) is 1.49. The second-order valence-corrected chi connectivity index (χ2v) is 4.47. The smallest absolute Gasteiger partial charge is 0.252 e. The van der Waals surface area contributed by atoms with Crippen molar-refractivity contribution in [2.24, 2.45) is 5.92 Å². The number of carbonyl (C=O) groups is 1. The van der Waals surface area contributed by atoms with E-state index in [1.165, 1.54) is 6.20 Å². The molecule has 18 heavy (non-hydrogen) atoms. The van der Waals surface area contributed by atoms with Crippen LogP contribution in [0.4, 0.5) is 5.82 Å². The second kappa shape index (κ2) is 6.96. The Labute approximate surface area is 108 Å². The average Bonchev–Trinajstić information content (AvgIpc) is 2.36. The number of aromatic nitrogens is 1. The van der Waals surface area contributed by atoms with Gasteiger partial charge in [-0.05, 0) is 25.0 Å². The van der Waals surface area contributed by atoms with Crippen LogP contribution in [0.3, 0.4) is 0 Å². The fourth-order valence-electron chi connectivity index (χ4n) is 1.49. The maximum atomic E-state index is 11.5. The number of pyridine rings is 1. The molecule has 1 atom stereocenters. The van der Waals surface area contributed by atoms with E-state index >= 15 is 0 Å². The van der Waals surface area contributed by atoms with Gasteiger partial charge in [-0.15, -0.1) is 0 Å². The summed E-state index contributed by atoms with van der Waals surface area (Å²) >= 11 is 0. The molecule has 0 saturated heterocycles. The van der Waals surface area contributed by atoms with Gasteiger partial charge in [-0.2, -0.15) is 0 Å². The quantitative estimate of drug-likeness (QED) is 0.711. The molecule has 0 fully saturated rings. The lowest BCUT2D eigenvalue weighted by Gasteiger charge is -2.20. The van der Waals surface area contributed by atoms with Gasteiger partial charge in [0.1, 0.15) is 5.82 Å². The van der Waals surface area contributed by atoms with Crippen molar-refractivity contribution in [2.75, 3.05) is 18.5 Å². The van der Waals surface area contributed by atoms with Crippen LogP contribution >= 0.6 is 0 Å². The van der Waals surface area contributed by atoms with E-state index < -0.39 is 0 Å². The highest BCUT2D eigenvalue weighted by Crippen LogP contribution is 2.10. The molecule has 0 bridgehead atoms. The highest BCUT2D eigenvalue weighted by molar-refractivity contribution is 5.93. The normalized spacial score (nSPS) is 12.3. The van der Waals surface area contributed by atoms with Crippen LogP contribution in [-0.2, 0) is 0 Å².